The van der Waals surface area contributed by atoms with E-state index in [4.69, 9.17) is 0 Å². The molecule has 0 atom stereocenters. The summed E-state index contributed by atoms with van der Waals surface area (Å²) in [6.45, 7) is 3.65. The highest BCUT2D eigenvalue weighted by Crippen LogP contribution is 2.17. The molecule has 0 spiro atoms. The van der Waals surface area contributed by atoms with E-state index >= 15 is 0 Å². The van der Waals surface area contributed by atoms with Crippen molar-refractivity contribution in [2.24, 2.45) is 0 Å². The lowest BCUT2D eigenvalue weighted by atomic mass is 10.1. The largest absolute Gasteiger partial charge is 0.265 e. The molecule has 3 heteroatoms. The van der Waals surface area contributed by atoms with Crippen LogP contribution in [0, 0.1) is 0 Å². The Morgan fingerprint density at radius 3 is 2.64 bits per heavy atom. The van der Waals surface area contributed by atoms with E-state index in [9.17, 15) is 0 Å². The van der Waals surface area contributed by atoms with Crippen molar-refractivity contribution in [3.8, 4) is 11.1 Å². The van der Waals surface area contributed by atoms with Crippen molar-refractivity contribution in [2.75, 3.05) is 0 Å². The van der Waals surface area contributed by atoms with Crippen LogP contribution in [-0.2, 0) is 0 Å². The molecule has 0 N–H and O–H groups in total. The van der Waals surface area contributed by atoms with E-state index in [0.717, 1.165) is 16.8 Å². The van der Waals surface area contributed by atoms with Gasteiger partial charge in [-0.2, -0.15) is 10.2 Å². The van der Waals surface area contributed by atoms with Crippen LogP contribution in [0.2, 0.25) is 0 Å². The third kappa shape index (κ3) is 1.66. The third-order valence-corrected chi connectivity index (χ3v) is 1.90. The Labute approximate surface area is 82.2 Å². The van der Waals surface area contributed by atoms with Crippen molar-refractivity contribution in [2.45, 2.75) is 0 Å². The van der Waals surface area contributed by atoms with Gasteiger partial charge in [-0.05, 0) is 29.8 Å². The number of aromatic nitrogens is 3. The standard InChI is InChI=1S/C11H9N3/c1-2-11-7-10(8-13-14-11)9-3-5-12-6-4-9/h2-8H,1H2. The fourth-order valence-corrected chi connectivity index (χ4v) is 1.19. The molecular weight excluding hydrogens is 174 g/mol. The summed E-state index contributed by atoms with van der Waals surface area (Å²) < 4.78 is 0. The maximum absolute atomic E-state index is 3.96. The van der Waals surface area contributed by atoms with E-state index in [1.807, 2.05) is 18.2 Å². The molecule has 0 saturated carbocycles. The molecule has 0 aliphatic rings. The van der Waals surface area contributed by atoms with Crippen LogP contribution < -0.4 is 0 Å². The van der Waals surface area contributed by atoms with Gasteiger partial charge in [0.1, 0.15) is 0 Å². The van der Waals surface area contributed by atoms with Gasteiger partial charge in [-0.3, -0.25) is 4.98 Å². The molecule has 0 aliphatic heterocycles. The molecule has 3 nitrogen and oxygen atoms in total. The second kappa shape index (κ2) is 3.79. The van der Waals surface area contributed by atoms with E-state index in [0.29, 0.717) is 0 Å². The van der Waals surface area contributed by atoms with Crippen molar-refractivity contribution in [3.63, 3.8) is 0 Å². The summed E-state index contributed by atoms with van der Waals surface area (Å²) in [4.78, 5) is 3.96. The van der Waals surface area contributed by atoms with Gasteiger partial charge in [-0.15, -0.1) is 0 Å². The van der Waals surface area contributed by atoms with Crippen LogP contribution in [0.5, 0.6) is 0 Å². The van der Waals surface area contributed by atoms with Crippen molar-refractivity contribution in [1.29, 1.82) is 0 Å². The lowest BCUT2D eigenvalue weighted by Crippen LogP contribution is -1.87. The van der Waals surface area contributed by atoms with Crippen molar-refractivity contribution < 1.29 is 0 Å². The number of nitrogens with zero attached hydrogens (tertiary/aromatic N) is 3. The first-order valence-corrected chi connectivity index (χ1v) is 4.26. The molecule has 2 aromatic rings. The topological polar surface area (TPSA) is 38.7 Å². The predicted octanol–water partition coefficient (Wildman–Crippen LogP) is 2.18. The Bertz CT molecular complexity index is 437. The number of rotatable bonds is 2. The summed E-state index contributed by atoms with van der Waals surface area (Å²) in [5.41, 5.74) is 2.88. The molecule has 0 radical (unpaired) electrons. The van der Waals surface area contributed by atoms with Crippen molar-refractivity contribution in [1.82, 2.24) is 15.2 Å². The fraction of sp³-hybridized carbons (Fsp3) is 0. The summed E-state index contributed by atoms with van der Waals surface area (Å²) in [6.07, 6.45) is 6.91. The molecule has 2 heterocycles. The number of pyridine rings is 1. The molecule has 0 fully saturated rings. The first kappa shape index (κ1) is 8.56. The molecule has 0 aromatic carbocycles. The zero-order chi connectivity index (χ0) is 9.80. The molecule has 68 valence electrons. The van der Waals surface area contributed by atoms with Gasteiger partial charge in [0, 0.05) is 18.0 Å². The van der Waals surface area contributed by atoms with Crippen LogP contribution in [0.3, 0.4) is 0 Å². The van der Waals surface area contributed by atoms with Crippen molar-refractivity contribution in [3.05, 3.63) is 49.1 Å². The number of hydrogen-bond acceptors (Lipinski definition) is 3. The van der Waals surface area contributed by atoms with Crippen LogP contribution in [0.1, 0.15) is 5.69 Å². The quantitative estimate of drug-likeness (QED) is 0.716. The second-order valence-corrected chi connectivity index (χ2v) is 2.81. The maximum Gasteiger partial charge on any atom is 0.0857 e. The Hall–Kier alpha value is -2.03. The van der Waals surface area contributed by atoms with Gasteiger partial charge >= 0.3 is 0 Å². The highest BCUT2D eigenvalue weighted by atomic mass is 15.1. The van der Waals surface area contributed by atoms with E-state index in [1.54, 1.807) is 24.7 Å². The van der Waals surface area contributed by atoms with E-state index in [1.165, 1.54) is 0 Å². The summed E-state index contributed by atoms with van der Waals surface area (Å²) in [7, 11) is 0. The van der Waals surface area contributed by atoms with Gasteiger partial charge in [0.15, 0.2) is 0 Å². The lowest BCUT2D eigenvalue weighted by Gasteiger charge is -1.99. The Morgan fingerprint density at radius 2 is 1.93 bits per heavy atom. The summed E-state index contributed by atoms with van der Waals surface area (Å²) in [5, 5.41) is 7.79. The molecule has 2 aromatic heterocycles. The van der Waals surface area contributed by atoms with Gasteiger partial charge < -0.3 is 0 Å². The SMILES string of the molecule is C=Cc1cc(-c2ccncc2)cnn1. The Kier molecular flexibility index (Phi) is 2.32. The second-order valence-electron chi connectivity index (χ2n) is 2.81. The molecule has 0 saturated heterocycles. The Morgan fingerprint density at radius 1 is 1.14 bits per heavy atom. The van der Waals surface area contributed by atoms with E-state index < -0.39 is 0 Å². The normalized spacial score (nSPS) is 9.71. The van der Waals surface area contributed by atoms with E-state index in [2.05, 4.69) is 21.8 Å². The zero-order valence-corrected chi connectivity index (χ0v) is 7.59. The predicted molar refractivity (Wildman–Crippen MR) is 55.4 cm³/mol. The van der Waals surface area contributed by atoms with Crippen LogP contribution in [0.25, 0.3) is 17.2 Å². The number of hydrogen-bond donors (Lipinski definition) is 0. The fourth-order valence-electron chi connectivity index (χ4n) is 1.19. The monoisotopic (exact) mass is 183 g/mol. The summed E-state index contributed by atoms with van der Waals surface area (Å²) in [6, 6.07) is 5.81. The van der Waals surface area contributed by atoms with Gasteiger partial charge in [0.2, 0.25) is 0 Å². The minimum atomic E-state index is 0.777. The first-order valence-electron chi connectivity index (χ1n) is 4.26. The highest BCUT2D eigenvalue weighted by molar-refractivity contribution is 5.63. The van der Waals surface area contributed by atoms with Crippen LogP contribution >= 0.6 is 0 Å². The highest BCUT2D eigenvalue weighted by Gasteiger charge is 1.97. The van der Waals surface area contributed by atoms with Crippen LogP contribution in [0.4, 0.5) is 0 Å². The molecule has 0 bridgehead atoms. The van der Waals surface area contributed by atoms with Crippen LogP contribution in [0.15, 0.2) is 43.4 Å². The average Bonchev–Trinajstić information content (AvgIpc) is 2.30. The van der Waals surface area contributed by atoms with Gasteiger partial charge in [-0.1, -0.05) is 6.58 Å². The Balaban J connectivity index is 2.47. The average molecular weight is 183 g/mol. The zero-order valence-electron chi connectivity index (χ0n) is 7.59. The molecule has 0 amide bonds. The smallest absolute Gasteiger partial charge is 0.0857 e. The minimum absolute atomic E-state index is 0.777. The molecule has 14 heavy (non-hydrogen) atoms. The van der Waals surface area contributed by atoms with Gasteiger partial charge in [0.05, 0.1) is 11.9 Å². The molecular formula is C11H9N3. The van der Waals surface area contributed by atoms with Crippen LogP contribution in [-0.4, -0.2) is 15.2 Å². The van der Waals surface area contributed by atoms with Crippen molar-refractivity contribution >= 4 is 6.08 Å². The third-order valence-electron chi connectivity index (χ3n) is 1.90. The summed E-state index contributed by atoms with van der Waals surface area (Å²) in [5.74, 6) is 0. The lowest BCUT2D eigenvalue weighted by molar-refractivity contribution is 1.02. The molecule has 0 unspecified atom stereocenters. The minimum Gasteiger partial charge on any atom is -0.265 e. The maximum atomic E-state index is 3.96. The first-order chi connectivity index (χ1) is 6.90. The van der Waals surface area contributed by atoms with Gasteiger partial charge in [-0.25, -0.2) is 0 Å². The van der Waals surface area contributed by atoms with E-state index in [-0.39, 0.29) is 0 Å². The molecule has 2 rings (SSSR count). The summed E-state index contributed by atoms with van der Waals surface area (Å²) >= 11 is 0. The molecule has 0 aliphatic carbocycles. The van der Waals surface area contributed by atoms with Gasteiger partial charge in [0.25, 0.3) is 0 Å².